The highest BCUT2D eigenvalue weighted by molar-refractivity contribution is 4.96. The van der Waals surface area contributed by atoms with Crippen molar-refractivity contribution in [3.63, 3.8) is 0 Å². The maximum atomic E-state index is 14.4. The molecule has 1 nitrogen and oxygen atoms in total. The monoisotopic (exact) mass is 185 g/mol. The van der Waals surface area contributed by atoms with Gasteiger partial charge in [0.2, 0.25) is 0 Å². The number of alkyl halides is 1. The summed E-state index contributed by atoms with van der Waals surface area (Å²) in [6.07, 6.45) is 6.02. The lowest BCUT2D eigenvalue weighted by Gasteiger charge is -2.43. The summed E-state index contributed by atoms with van der Waals surface area (Å²) in [6, 6.07) is 0. The maximum Gasteiger partial charge on any atom is 0.116 e. The van der Waals surface area contributed by atoms with Crippen molar-refractivity contribution in [1.29, 1.82) is 0 Å². The van der Waals surface area contributed by atoms with Crippen molar-refractivity contribution in [3.05, 3.63) is 0 Å². The van der Waals surface area contributed by atoms with Crippen LogP contribution in [0.5, 0.6) is 0 Å². The van der Waals surface area contributed by atoms with E-state index in [1.54, 1.807) is 0 Å². The zero-order chi connectivity index (χ0) is 9.31. The standard InChI is InChI=1S/C11H20FN/c1-11(12,10-7-13-8-10)9-5-3-2-4-6-9/h9-10,13H,2-8H2,1H3. The van der Waals surface area contributed by atoms with Gasteiger partial charge in [0.25, 0.3) is 0 Å². The van der Waals surface area contributed by atoms with Crippen LogP contribution < -0.4 is 5.32 Å². The van der Waals surface area contributed by atoms with Crippen molar-refractivity contribution < 1.29 is 4.39 Å². The normalized spacial score (nSPS) is 30.9. The minimum atomic E-state index is -0.897. The van der Waals surface area contributed by atoms with Gasteiger partial charge < -0.3 is 5.32 Å². The highest BCUT2D eigenvalue weighted by Crippen LogP contribution is 2.40. The van der Waals surface area contributed by atoms with Crippen LogP contribution >= 0.6 is 0 Å². The molecule has 1 atom stereocenters. The summed E-state index contributed by atoms with van der Waals surface area (Å²) in [6.45, 7) is 3.61. The van der Waals surface area contributed by atoms with E-state index in [1.807, 2.05) is 6.92 Å². The van der Waals surface area contributed by atoms with Gasteiger partial charge in [-0.3, -0.25) is 0 Å². The highest BCUT2D eigenvalue weighted by atomic mass is 19.1. The first-order chi connectivity index (χ1) is 6.21. The van der Waals surface area contributed by atoms with Gasteiger partial charge in [-0.2, -0.15) is 0 Å². The second-order valence-electron chi connectivity index (χ2n) is 4.84. The molecule has 2 fully saturated rings. The Bertz CT molecular complexity index is 169. The van der Waals surface area contributed by atoms with Gasteiger partial charge in [0, 0.05) is 19.0 Å². The third-order valence-electron chi connectivity index (χ3n) is 3.98. The van der Waals surface area contributed by atoms with Gasteiger partial charge in [-0.25, -0.2) is 4.39 Å². The third-order valence-corrected chi connectivity index (χ3v) is 3.98. The molecule has 76 valence electrons. The van der Waals surface area contributed by atoms with Crippen LogP contribution in [0, 0.1) is 11.8 Å². The number of hydrogen-bond donors (Lipinski definition) is 1. The lowest BCUT2D eigenvalue weighted by molar-refractivity contribution is -0.00786. The molecule has 1 heterocycles. The van der Waals surface area contributed by atoms with Crippen LogP contribution in [0.1, 0.15) is 39.0 Å². The Labute approximate surface area is 80.1 Å². The second kappa shape index (κ2) is 3.56. The number of hydrogen-bond acceptors (Lipinski definition) is 1. The van der Waals surface area contributed by atoms with Crippen LogP contribution in [0.25, 0.3) is 0 Å². The average Bonchev–Trinajstić information content (AvgIpc) is 2.02. The van der Waals surface area contributed by atoms with Crippen LogP contribution in [0.4, 0.5) is 4.39 Å². The molecule has 1 saturated carbocycles. The largest absolute Gasteiger partial charge is 0.316 e. The second-order valence-corrected chi connectivity index (χ2v) is 4.84. The Morgan fingerprint density at radius 3 is 2.15 bits per heavy atom. The number of nitrogens with one attached hydrogen (secondary N) is 1. The van der Waals surface area contributed by atoms with Crippen molar-refractivity contribution in [2.24, 2.45) is 11.8 Å². The molecule has 0 spiro atoms. The predicted octanol–water partition coefficient (Wildman–Crippen LogP) is 2.51. The molecule has 0 aromatic rings. The Hall–Kier alpha value is -0.110. The average molecular weight is 185 g/mol. The molecule has 13 heavy (non-hydrogen) atoms. The van der Waals surface area contributed by atoms with Gasteiger partial charge in [0.15, 0.2) is 0 Å². The van der Waals surface area contributed by atoms with Crippen molar-refractivity contribution >= 4 is 0 Å². The molecule has 1 unspecified atom stereocenters. The molecule has 2 rings (SSSR count). The third kappa shape index (κ3) is 1.74. The molecule has 0 aromatic carbocycles. The lowest BCUT2D eigenvalue weighted by Crippen LogP contribution is -2.55. The molecular formula is C11H20FN. The van der Waals surface area contributed by atoms with E-state index in [0.717, 1.165) is 25.9 Å². The lowest BCUT2D eigenvalue weighted by atomic mass is 9.71. The summed E-state index contributed by atoms with van der Waals surface area (Å²) in [5.41, 5.74) is -0.897. The number of halogens is 1. The summed E-state index contributed by atoms with van der Waals surface area (Å²) in [5.74, 6) is 0.629. The zero-order valence-electron chi connectivity index (χ0n) is 8.48. The van der Waals surface area contributed by atoms with Crippen LogP contribution in [0.2, 0.25) is 0 Å². The SMILES string of the molecule is CC(F)(C1CCCCC1)C1CNC1. The molecule has 0 amide bonds. The summed E-state index contributed by atoms with van der Waals surface area (Å²) in [4.78, 5) is 0. The summed E-state index contributed by atoms with van der Waals surface area (Å²) in [7, 11) is 0. The van der Waals surface area contributed by atoms with Crippen LogP contribution in [0.15, 0.2) is 0 Å². The first-order valence-electron chi connectivity index (χ1n) is 5.61. The first kappa shape index (κ1) is 9.45. The van der Waals surface area contributed by atoms with E-state index < -0.39 is 5.67 Å². The molecule has 0 radical (unpaired) electrons. The Balaban J connectivity index is 1.94. The van der Waals surface area contributed by atoms with Crippen molar-refractivity contribution in [3.8, 4) is 0 Å². The van der Waals surface area contributed by atoms with E-state index in [2.05, 4.69) is 5.32 Å². The zero-order valence-corrected chi connectivity index (χ0v) is 8.48. The minimum absolute atomic E-state index is 0.288. The summed E-state index contributed by atoms with van der Waals surface area (Å²) >= 11 is 0. The number of rotatable bonds is 2. The molecule has 0 aromatic heterocycles. The van der Waals surface area contributed by atoms with E-state index in [-0.39, 0.29) is 5.92 Å². The van der Waals surface area contributed by atoms with Crippen LogP contribution in [-0.4, -0.2) is 18.8 Å². The van der Waals surface area contributed by atoms with E-state index in [4.69, 9.17) is 0 Å². The minimum Gasteiger partial charge on any atom is -0.316 e. The van der Waals surface area contributed by atoms with E-state index >= 15 is 0 Å². The van der Waals surface area contributed by atoms with Gasteiger partial charge in [0.1, 0.15) is 5.67 Å². The van der Waals surface area contributed by atoms with E-state index in [9.17, 15) is 4.39 Å². The van der Waals surface area contributed by atoms with Gasteiger partial charge in [-0.15, -0.1) is 0 Å². The molecule has 1 aliphatic heterocycles. The van der Waals surface area contributed by atoms with Gasteiger partial charge in [0.05, 0.1) is 0 Å². The maximum absolute atomic E-state index is 14.4. The Morgan fingerprint density at radius 2 is 1.69 bits per heavy atom. The highest BCUT2D eigenvalue weighted by Gasteiger charge is 2.44. The summed E-state index contributed by atoms with van der Waals surface area (Å²) < 4.78 is 14.4. The molecule has 1 saturated heterocycles. The van der Waals surface area contributed by atoms with Gasteiger partial charge in [-0.05, 0) is 25.7 Å². The fraction of sp³-hybridized carbons (Fsp3) is 1.00. The van der Waals surface area contributed by atoms with E-state index in [1.165, 1.54) is 19.3 Å². The van der Waals surface area contributed by atoms with E-state index in [0.29, 0.717) is 5.92 Å². The van der Waals surface area contributed by atoms with Crippen LogP contribution in [0.3, 0.4) is 0 Å². The smallest absolute Gasteiger partial charge is 0.116 e. The first-order valence-corrected chi connectivity index (χ1v) is 5.61. The van der Waals surface area contributed by atoms with Gasteiger partial charge >= 0.3 is 0 Å². The molecule has 2 aliphatic rings. The topological polar surface area (TPSA) is 12.0 Å². The fourth-order valence-corrected chi connectivity index (χ4v) is 2.69. The van der Waals surface area contributed by atoms with Crippen molar-refractivity contribution in [2.75, 3.05) is 13.1 Å². The fourth-order valence-electron chi connectivity index (χ4n) is 2.69. The molecule has 0 bridgehead atoms. The summed E-state index contributed by atoms with van der Waals surface area (Å²) in [5, 5.41) is 3.17. The molecular weight excluding hydrogens is 165 g/mol. The predicted molar refractivity (Wildman–Crippen MR) is 52.4 cm³/mol. The Morgan fingerprint density at radius 1 is 1.08 bits per heavy atom. The molecule has 1 aliphatic carbocycles. The van der Waals surface area contributed by atoms with Gasteiger partial charge in [-0.1, -0.05) is 19.3 Å². The quantitative estimate of drug-likeness (QED) is 0.697. The Kier molecular flexibility index (Phi) is 2.59. The molecule has 1 N–H and O–H groups in total. The molecule has 2 heteroatoms. The van der Waals surface area contributed by atoms with Crippen molar-refractivity contribution in [2.45, 2.75) is 44.7 Å². The van der Waals surface area contributed by atoms with Crippen LogP contribution in [-0.2, 0) is 0 Å². The van der Waals surface area contributed by atoms with Crippen molar-refractivity contribution in [1.82, 2.24) is 5.32 Å².